The van der Waals surface area contributed by atoms with Gasteiger partial charge in [-0.3, -0.25) is 4.98 Å². The third kappa shape index (κ3) is 2.62. The maximum absolute atomic E-state index is 11.4. The molecular weight excluding hydrogens is 312 g/mol. The first-order valence-corrected chi connectivity index (χ1v) is 9.03. The van der Waals surface area contributed by atoms with Crippen molar-refractivity contribution in [3.8, 4) is 11.3 Å². The van der Waals surface area contributed by atoms with Crippen molar-refractivity contribution >= 4 is 16.9 Å². The van der Waals surface area contributed by atoms with Crippen molar-refractivity contribution in [3.63, 3.8) is 0 Å². The molecule has 3 heterocycles. The highest BCUT2D eigenvalue weighted by molar-refractivity contribution is 5.98. The molecule has 2 aromatic heterocycles. The first-order valence-electron chi connectivity index (χ1n) is 9.03. The first kappa shape index (κ1) is 15.9. The predicted octanol–water partition coefficient (Wildman–Crippen LogP) is 4.69. The lowest BCUT2D eigenvalue weighted by Crippen LogP contribution is -2.00. The number of unbranched alkanes of at least 4 members (excludes halogenated alkanes) is 1. The van der Waals surface area contributed by atoms with E-state index in [1.807, 2.05) is 24.4 Å². The van der Waals surface area contributed by atoms with Gasteiger partial charge < -0.3 is 9.67 Å². The second-order valence-electron chi connectivity index (χ2n) is 6.72. The molecular formula is C21H22N2O2. The Kier molecular flexibility index (Phi) is 4.04. The van der Waals surface area contributed by atoms with E-state index < -0.39 is 5.97 Å². The lowest BCUT2D eigenvalue weighted by molar-refractivity contribution is 0.0697. The summed E-state index contributed by atoms with van der Waals surface area (Å²) >= 11 is 0. The van der Waals surface area contributed by atoms with Crippen molar-refractivity contribution in [1.82, 2.24) is 9.55 Å². The summed E-state index contributed by atoms with van der Waals surface area (Å²) in [6, 6.07) is 9.70. The number of nitrogens with zero attached hydrogens (tertiary/aromatic N) is 2. The van der Waals surface area contributed by atoms with Gasteiger partial charge in [0.25, 0.3) is 0 Å². The van der Waals surface area contributed by atoms with Crippen LogP contribution in [0.4, 0.5) is 0 Å². The molecule has 0 unspecified atom stereocenters. The minimum absolute atomic E-state index is 0.352. The summed E-state index contributed by atoms with van der Waals surface area (Å²) in [5, 5.41) is 10.6. The van der Waals surface area contributed by atoms with Gasteiger partial charge in [0.05, 0.1) is 11.3 Å². The molecule has 0 amide bonds. The fourth-order valence-electron chi connectivity index (χ4n) is 3.96. The molecule has 0 spiro atoms. The molecule has 1 aliphatic heterocycles. The number of aromatic carboxylic acids is 1. The monoisotopic (exact) mass is 334 g/mol. The van der Waals surface area contributed by atoms with Gasteiger partial charge in [-0.1, -0.05) is 19.4 Å². The number of hydrogen-bond donors (Lipinski definition) is 1. The number of carbonyl (C=O) groups is 1. The number of rotatable bonds is 4. The average molecular weight is 334 g/mol. The second-order valence-corrected chi connectivity index (χ2v) is 6.72. The van der Waals surface area contributed by atoms with Gasteiger partial charge in [0.1, 0.15) is 0 Å². The van der Waals surface area contributed by atoms with E-state index in [1.54, 1.807) is 6.07 Å². The van der Waals surface area contributed by atoms with Crippen molar-refractivity contribution in [2.24, 2.45) is 0 Å². The molecule has 0 aliphatic carbocycles. The molecule has 0 fully saturated rings. The van der Waals surface area contributed by atoms with Gasteiger partial charge in [-0.2, -0.15) is 0 Å². The quantitative estimate of drug-likeness (QED) is 0.753. The lowest BCUT2D eigenvalue weighted by atomic mass is 9.98. The maximum atomic E-state index is 11.4. The highest BCUT2D eigenvalue weighted by Crippen LogP contribution is 2.38. The molecule has 0 atom stereocenters. The van der Waals surface area contributed by atoms with Crippen LogP contribution in [0.25, 0.3) is 22.2 Å². The Morgan fingerprint density at radius 3 is 3.00 bits per heavy atom. The van der Waals surface area contributed by atoms with Gasteiger partial charge in [-0.05, 0) is 55.5 Å². The number of hydrogen-bond acceptors (Lipinski definition) is 2. The smallest absolute Gasteiger partial charge is 0.335 e. The molecule has 3 aromatic rings. The van der Waals surface area contributed by atoms with Gasteiger partial charge in [0, 0.05) is 34.9 Å². The summed E-state index contributed by atoms with van der Waals surface area (Å²) in [5.41, 5.74) is 6.33. The molecule has 0 saturated carbocycles. The molecule has 4 rings (SSSR count). The normalized spacial score (nSPS) is 13.3. The van der Waals surface area contributed by atoms with Crippen molar-refractivity contribution in [3.05, 3.63) is 53.3 Å². The van der Waals surface area contributed by atoms with Gasteiger partial charge in [-0.15, -0.1) is 0 Å². The van der Waals surface area contributed by atoms with Crippen molar-refractivity contribution in [2.45, 2.75) is 45.6 Å². The topological polar surface area (TPSA) is 55.1 Å². The number of fused-ring (bicyclic) bond motifs is 5. The van der Waals surface area contributed by atoms with Gasteiger partial charge in [0.15, 0.2) is 0 Å². The summed E-state index contributed by atoms with van der Waals surface area (Å²) in [6.07, 6.45) is 7.12. The number of aromatic nitrogens is 2. The Hall–Kier alpha value is -2.62. The average Bonchev–Trinajstić information content (AvgIpc) is 2.80. The van der Waals surface area contributed by atoms with Crippen LogP contribution in [0, 0.1) is 0 Å². The number of carboxylic acid groups (broad SMARTS) is 1. The number of benzene rings is 1. The van der Waals surface area contributed by atoms with E-state index >= 15 is 0 Å². The van der Waals surface area contributed by atoms with Crippen molar-refractivity contribution < 1.29 is 9.90 Å². The maximum Gasteiger partial charge on any atom is 0.335 e. The van der Waals surface area contributed by atoms with Crippen molar-refractivity contribution in [1.29, 1.82) is 0 Å². The summed E-state index contributed by atoms with van der Waals surface area (Å²) in [4.78, 5) is 16.0. The summed E-state index contributed by atoms with van der Waals surface area (Å²) in [7, 11) is 0. The summed E-state index contributed by atoms with van der Waals surface area (Å²) in [6.45, 7) is 3.10. The molecule has 25 heavy (non-hydrogen) atoms. The van der Waals surface area contributed by atoms with Crippen LogP contribution < -0.4 is 0 Å². The van der Waals surface area contributed by atoms with Gasteiger partial charge in [-0.25, -0.2) is 4.79 Å². The Morgan fingerprint density at radius 1 is 1.32 bits per heavy atom. The molecule has 0 radical (unpaired) electrons. The van der Waals surface area contributed by atoms with Crippen LogP contribution in [0.15, 0.2) is 36.5 Å². The van der Waals surface area contributed by atoms with Gasteiger partial charge in [0.2, 0.25) is 0 Å². The van der Waals surface area contributed by atoms with Crippen molar-refractivity contribution in [2.75, 3.05) is 0 Å². The fraction of sp³-hybridized carbons (Fsp3) is 0.333. The zero-order valence-corrected chi connectivity index (χ0v) is 14.5. The standard InChI is InChI=1S/C21H22N2O2/c1-2-3-6-16-15-10-9-14(21(24)25)13-19(15)23-12-5-8-18-17(20(16)23)7-4-11-22-18/h4,7,9-11,13H,2-3,5-6,8,12H2,1H3,(H,24,25). The highest BCUT2D eigenvalue weighted by Gasteiger charge is 2.23. The van der Waals surface area contributed by atoms with Crippen LogP contribution in [0.1, 0.15) is 47.8 Å². The van der Waals surface area contributed by atoms with E-state index in [2.05, 4.69) is 22.5 Å². The minimum Gasteiger partial charge on any atom is -0.478 e. The van der Waals surface area contributed by atoms with Crippen LogP contribution in [-0.4, -0.2) is 20.6 Å². The molecule has 0 bridgehead atoms. The SMILES string of the molecule is CCCCc1c2n(c3cc(C(=O)O)ccc13)CCCc1ncccc1-2. The highest BCUT2D eigenvalue weighted by atomic mass is 16.4. The molecule has 1 N–H and O–H groups in total. The van der Waals surface area contributed by atoms with Crippen LogP contribution in [0.2, 0.25) is 0 Å². The Balaban J connectivity index is 2.04. The predicted molar refractivity (Wildman–Crippen MR) is 99.1 cm³/mol. The first-order chi connectivity index (χ1) is 12.2. The number of aryl methyl sites for hydroxylation is 3. The summed E-state index contributed by atoms with van der Waals surface area (Å²) < 4.78 is 2.32. The van der Waals surface area contributed by atoms with Crippen LogP contribution in [0.5, 0.6) is 0 Å². The number of pyridine rings is 1. The Bertz CT molecular complexity index is 956. The molecule has 1 aliphatic rings. The van der Waals surface area contributed by atoms with E-state index in [9.17, 15) is 9.90 Å². The third-order valence-electron chi connectivity index (χ3n) is 5.14. The summed E-state index contributed by atoms with van der Waals surface area (Å²) in [5.74, 6) is -0.872. The molecule has 128 valence electrons. The zero-order chi connectivity index (χ0) is 17.4. The van der Waals surface area contributed by atoms with E-state index in [-0.39, 0.29) is 0 Å². The minimum atomic E-state index is -0.872. The molecule has 4 nitrogen and oxygen atoms in total. The van der Waals surface area contributed by atoms with Gasteiger partial charge >= 0.3 is 5.97 Å². The van der Waals surface area contributed by atoms with Crippen LogP contribution >= 0.6 is 0 Å². The third-order valence-corrected chi connectivity index (χ3v) is 5.14. The van der Waals surface area contributed by atoms with Crippen LogP contribution in [0.3, 0.4) is 0 Å². The Morgan fingerprint density at radius 2 is 2.20 bits per heavy atom. The largest absolute Gasteiger partial charge is 0.478 e. The fourth-order valence-corrected chi connectivity index (χ4v) is 3.96. The molecule has 4 heteroatoms. The second kappa shape index (κ2) is 6.36. The zero-order valence-electron chi connectivity index (χ0n) is 14.5. The van der Waals surface area contributed by atoms with E-state index in [4.69, 9.17) is 0 Å². The lowest BCUT2D eigenvalue weighted by Gasteiger charge is -2.10. The van der Waals surface area contributed by atoms with E-state index in [1.165, 1.54) is 22.2 Å². The molecule has 0 saturated heterocycles. The van der Waals surface area contributed by atoms with E-state index in [0.717, 1.165) is 49.9 Å². The van der Waals surface area contributed by atoms with Crippen LogP contribution in [-0.2, 0) is 19.4 Å². The molecule has 1 aromatic carbocycles. The Labute approximate surface area is 147 Å². The van der Waals surface area contributed by atoms with E-state index in [0.29, 0.717) is 5.56 Å². The number of carboxylic acids is 1.